The number of aryl methyl sites for hydroxylation is 2. The molecule has 0 saturated carbocycles. The number of aromatic nitrogens is 1. The summed E-state index contributed by atoms with van der Waals surface area (Å²) in [7, 11) is 0. The third kappa shape index (κ3) is 8.40. The standard InChI is InChI=1S/C31H37FN2O4/c1-7-8-9-27(22(6)36)29(37)16-23(12-19(2)3)31(38)34-28(10-11-35)24-15-25(18-33-17-24)30-20(4)13-26(32)14-21(30)5/h7-9,11,13-15,17-19,23,28H,10,12,16H2,1-6H3,(H,34,38)/b8-7-,27-9+/t23-,28+/m1/s1. The topological polar surface area (TPSA) is 93.2 Å². The SMILES string of the molecule is C/C=C\C=C(/C(C)=O)C(=O)C[C@@H](CC(C)C)C(=O)N[C@@H](CC=O)c1cncc(-c2c(C)cc(F)cc2C)c1. The summed E-state index contributed by atoms with van der Waals surface area (Å²) in [6.45, 7) is 10.7. The summed E-state index contributed by atoms with van der Waals surface area (Å²) < 4.78 is 13.8. The number of ketones is 2. The molecule has 7 heteroatoms. The Labute approximate surface area is 224 Å². The number of aldehydes is 1. The van der Waals surface area contributed by atoms with Crippen molar-refractivity contribution in [2.75, 3.05) is 0 Å². The lowest BCUT2D eigenvalue weighted by atomic mass is 9.88. The van der Waals surface area contributed by atoms with Gasteiger partial charge in [-0.05, 0) is 86.6 Å². The Morgan fingerprint density at radius 3 is 2.29 bits per heavy atom. The number of Topliss-reactive ketones (excluding diaryl/α,β-unsaturated/α-hetero) is 2. The zero-order chi connectivity index (χ0) is 28.4. The van der Waals surface area contributed by atoms with Crippen molar-refractivity contribution >= 4 is 23.8 Å². The maximum atomic E-state index is 13.8. The van der Waals surface area contributed by atoms with E-state index >= 15 is 0 Å². The van der Waals surface area contributed by atoms with E-state index in [1.807, 2.05) is 33.8 Å². The van der Waals surface area contributed by atoms with Crippen LogP contribution in [0.15, 0.2) is 54.4 Å². The van der Waals surface area contributed by atoms with Crippen molar-refractivity contribution in [3.05, 3.63) is 76.9 Å². The minimum absolute atomic E-state index is 0.0144. The zero-order valence-electron chi connectivity index (χ0n) is 23.0. The Morgan fingerprint density at radius 2 is 1.74 bits per heavy atom. The third-order valence-electron chi connectivity index (χ3n) is 6.29. The summed E-state index contributed by atoms with van der Waals surface area (Å²) in [5.41, 5.74) is 3.76. The number of hydrogen-bond donors (Lipinski definition) is 1. The first kappa shape index (κ1) is 30.5. The molecule has 0 aliphatic rings. The van der Waals surface area contributed by atoms with Gasteiger partial charge in [-0.1, -0.05) is 26.0 Å². The Hall–Kier alpha value is -3.74. The van der Waals surface area contributed by atoms with Crippen LogP contribution in [0.3, 0.4) is 0 Å². The molecule has 202 valence electrons. The molecule has 0 radical (unpaired) electrons. The lowest BCUT2D eigenvalue weighted by Crippen LogP contribution is -2.36. The molecule has 0 aliphatic heterocycles. The molecule has 0 unspecified atom stereocenters. The highest BCUT2D eigenvalue weighted by molar-refractivity contribution is 6.20. The van der Waals surface area contributed by atoms with E-state index in [2.05, 4.69) is 10.3 Å². The van der Waals surface area contributed by atoms with Crippen LogP contribution < -0.4 is 5.32 Å². The summed E-state index contributed by atoms with van der Waals surface area (Å²) in [6.07, 6.45) is 9.12. The van der Waals surface area contributed by atoms with E-state index in [0.29, 0.717) is 12.0 Å². The van der Waals surface area contributed by atoms with Crippen molar-refractivity contribution in [3.8, 4) is 11.1 Å². The van der Waals surface area contributed by atoms with Crippen LogP contribution in [0.25, 0.3) is 11.1 Å². The molecule has 2 rings (SSSR count). The first-order valence-electron chi connectivity index (χ1n) is 12.8. The summed E-state index contributed by atoms with van der Waals surface area (Å²) in [6, 6.07) is 4.08. The van der Waals surface area contributed by atoms with Gasteiger partial charge in [0.1, 0.15) is 12.1 Å². The summed E-state index contributed by atoms with van der Waals surface area (Å²) in [4.78, 5) is 54.3. The summed E-state index contributed by atoms with van der Waals surface area (Å²) in [5, 5.41) is 2.93. The van der Waals surface area contributed by atoms with Gasteiger partial charge >= 0.3 is 0 Å². The molecule has 6 nitrogen and oxygen atoms in total. The van der Waals surface area contributed by atoms with Gasteiger partial charge in [-0.15, -0.1) is 0 Å². The predicted octanol–water partition coefficient (Wildman–Crippen LogP) is 5.96. The number of nitrogens with zero attached hydrogens (tertiary/aromatic N) is 1. The lowest BCUT2D eigenvalue weighted by molar-refractivity contribution is -0.130. The van der Waals surface area contributed by atoms with Crippen molar-refractivity contribution < 1.29 is 23.6 Å². The van der Waals surface area contributed by atoms with Crippen LogP contribution >= 0.6 is 0 Å². The number of allylic oxidation sites excluding steroid dienone is 4. The molecule has 0 aliphatic carbocycles. The summed E-state index contributed by atoms with van der Waals surface area (Å²) >= 11 is 0. The van der Waals surface area contributed by atoms with Gasteiger partial charge in [0.25, 0.3) is 0 Å². The average Bonchev–Trinajstić information content (AvgIpc) is 2.82. The number of pyridine rings is 1. The number of halogens is 1. The van der Waals surface area contributed by atoms with E-state index in [0.717, 1.165) is 28.5 Å². The van der Waals surface area contributed by atoms with Gasteiger partial charge in [-0.2, -0.15) is 0 Å². The highest BCUT2D eigenvalue weighted by Gasteiger charge is 2.28. The number of nitrogens with one attached hydrogen (secondary N) is 1. The molecule has 2 aromatic rings. The third-order valence-corrected chi connectivity index (χ3v) is 6.29. The first-order chi connectivity index (χ1) is 18.0. The Morgan fingerprint density at radius 1 is 1.08 bits per heavy atom. The molecule has 1 N–H and O–H groups in total. The van der Waals surface area contributed by atoms with E-state index in [1.54, 1.807) is 31.5 Å². The fraction of sp³-hybridized carbons (Fsp3) is 0.387. The van der Waals surface area contributed by atoms with Gasteiger partial charge in [0.05, 0.1) is 11.6 Å². The van der Waals surface area contributed by atoms with Crippen LogP contribution in [0.4, 0.5) is 4.39 Å². The van der Waals surface area contributed by atoms with Gasteiger partial charge < -0.3 is 10.1 Å². The summed E-state index contributed by atoms with van der Waals surface area (Å²) in [5.74, 6) is -2.00. The number of hydrogen-bond acceptors (Lipinski definition) is 5. The van der Waals surface area contributed by atoms with E-state index in [-0.39, 0.29) is 41.8 Å². The molecule has 0 saturated heterocycles. The number of benzene rings is 1. The normalized spacial score (nSPS) is 13.4. The second-order valence-corrected chi connectivity index (χ2v) is 10.0. The van der Waals surface area contributed by atoms with Crippen LogP contribution in [-0.2, 0) is 19.2 Å². The molecular weight excluding hydrogens is 483 g/mol. The first-order valence-corrected chi connectivity index (χ1v) is 12.8. The fourth-order valence-corrected chi connectivity index (χ4v) is 4.60. The van der Waals surface area contributed by atoms with Crippen LogP contribution in [0.1, 0.15) is 69.7 Å². The molecule has 1 amide bonds. The highest BCUT2D eigenvalue weighted by Crippen LogP contribution is 2.30. The molecule has 0 spiro atoms. The molecule has 1 aromatic heterocycles. The Balaban J connectivity index is 2.37. The van der Waals surface area contributed by atoms with Crippen LogP contribution in [0.5, 0.6) is 0 Å². The molecule has 2 atom stereocenters. The van der Waals surface area contributed by atoms with Crippen molar-refractivity contribution in [1.82, 2.24) is 10.3 Å². The van der Waals surface area contributed by atoms with E-state index < -0.39 is 17.7 Å². The Bertz CT molecular complexity index is 1220. The molecule has 1 heterocycles. The lowest BCUT2D eigenvalue weighted by Gasteiger charge is -2.23. The molecular formula is C31H37FN2O4. The smallest absolute Gasteiger partial charge is 0.224 e. The largest absolute Gasteiger partial charge is 0.349 e. The maximum absolute atomic E-state index is 13.8. The van der Waals surface area contributed by atoms with Crippen molar-refractivity contribution in [1.29, 1.82) is 0 Å². The van der Waals surface area contributed by atoms with Crippen LogP contribution in [-0.4, -0.2) is 28.7 Å². The fourth-order valence-electron chi connectivity index (χ4n) is 4.60. The van der Waals surface area contributed by atoms with Gasteiger partial charge in [-0.25, -0.2) is 4.39 Å². The number of rotatable bonds is 13. The highest BCUT2D eigenvalue weighted by atomic mass is 19.1. The minimum Gasteiger partial charge on any atom is -0.349 e. The predicted molar refractivity (Wildman–Crippen MR) is 147 cm³/mol. The monoisotopic (exact) mass is 520 g/mol. The van der Waals surface area contributed by atoms with Crippen molar-refractivity contribution in [3.63, 3.8) is 0 Å². The van der Waals surface area contributed by atoms with Gasteiger partial charge in [0.2, 0.25) is 5.91 Å². The Kier molecular flexibility index (Phi) is 11.4. The molecule has 0 fully saturated rings. The second-order valence-electron chi connectivity index (χ2n) is 10.0. The number of carbonyl (C=O) groups is 4. The van der Waals surface area contributed by atoms with Gasteiger partial charge in [-0.3, -0.25) is 19.4 Å². The minimum atomic E-state index is -0.678. The van der Waals surface area contributed by atoms with Crippen LogP contribution in [0, 0.1) is 31.5 Å². The molecule has 0 bridgehead atoms. The second kappa shape index (κ2) is 14.3. The van der Waals surface area contributed by atoms with Crippen LogP contribution in [0.2, 0.25) is 0 Å². The maximum Gasteiger partial charge on any atom is 0.224 e. The zero-order valence-corrected chi connectivity index (χ0v) is 23.0. The van der Waals surface area contributed by atoms with Crippen molar-refractivity contribution in [2.45, 2.75) is 66.8 Å². The average molecular weight is 521 g/mol. The molecule has 38 heavy (non-hydrogen) atoms. The van der Waals surface area contributed by atoms with E-state index in [9.17, 15) is 23.6 Å². The van der Waals surface area contributed by atoms with E-state index in [1.165, 1.54) is 25.1 Å². The van der Waals surface area contributed by atoms with E-state index in [4.69, 9.17) is 0 Å². The number of amides is 1. The quantitative estimate of drug-likeness (QED) is 0.116. The van der Waals surface area contributed by atoms with Crippen molar-refractivity contribution in [2.24, 2.45) is 11.8 Å². The van der Waals surface area contributed by atoms with Gasteiger partial charge in [0, 0.05) is 36.7 Å². The number of carbonyl (C=O) groups excluding carboxylic acids is 4. The van der Waals surface area contributed by atoms with Gasteiger partial charge in [0.15, 0.2) is 11.6 Å². The molecule has 1 aromatic carbocycles.